The van der Waals surface area contributed by atoms with Crippen molar-refractivity contribution < 1.29 is 0 Å². The fraction of sp³-hybridized carbons (Fsp3) is 0.235. The van der Waals surface area contributed by atoms with Gasteiger partial charge in [0.2, 0.25) is 0 Å². The standard InChI is InChI=1S/C17H17BrN2S/c18-14-7-4-8-15(16(14)17(19)21)20-10-9-13(11-20)12-5-2-1-3-6-12/h1-8,13H,9-11H2,(H2,19,21). The third kappa shape index (κ3) is 2.97. The van der Waals surface area contributed by atoms with Crippen LogP contribution in [0.15, 0.2) is 53.0 Å². The number of thiocarbonyl (C=S) groups is 1. The van der Waals surface area contributed by atoms with Crippen molar-refractivity contribution in [3.05, 3.63) is 64.1 Å². The first-order valence-corrected chi connectivity index (χ1v) is 8.25. The van der Waals surface area contributed by atoms with E-state index in [4.69, 9.17) is 18.0 Å². The molecule has 0 aliphatic carbocycles. The maximum Gasteiger partial charge on any atom is 0.107 e. The number of hydrogen-bond donors (Lipinski definition) is 1. The van der Waals surface area contributed by atoms with Gasteiger partial charge < -0.3 is 10.6 Å². The minimum atomic E-state index is 0.445. The molecule has 1 aliphatic rings. The lowest BCUT2D eigenvalue weighted by Gasteiger charge is -2.22. The summed E-state index contributed by atoms with van der Waals surface area (Å²) in [7, 11) is 0. The van der Waals surface area contributed by atoms with E-state index in [0.717, 1.165) is 35.2 Å². The Kier molecular flexibility index (Phi) is 4.27. The van der Waals surface area contributed by atoms with Crippen molar-refractivity contribution in [2.45, 2.75) is 12.3 Å². The molecule has 1 fully saturated rings. The topological polar surface area (TPSA) is 29.3 Å². The van der Waals surface area contributed by atoms with Crippen LogP contribution in [0.1, 0.15) is 23.5 Å². The van der Waals surface area contributed by atoms with Gasteiger partial charge in [-0.05, 0) is 40.0 Å². The number of nitrogens with zero attached hydrogens (tertiary/aromatic N) is 1. The summed E-state index contributed by atoms with van der Waals surface area (Å²) in [5.41, 5.74) is 9.39. The van der Waals surface area contributed by atoms with Crippen molar-refractivity contribution in [3.63, 3.8) is 0 Å². The van der Waals surface area contributed by atoms with Gasteiger partial charge in [0.1, 0.15) is 4.99 Å². The highest BCUT2D eigenvalue weighted by atomic mass is 79.9. The number of hydrogen-bond acceptors (Lipinski definition) is 2. The molecule has 0 spiro atoms. The molecule has 2 aromatic rings. The predicted octanol–water partition coefficient (Wildman–Crippen LogP) is 4.08. The van der Waals surface area contributed by atoms with Gasteiger partial charge in [0, 0.05) is 34.7 Å². The fourth-order valence-corrected chi connectivity index (χ4v) is 3.91. The first-order valence-electron chi connectivity index (χ1n) is 7.05. The van der Waals surface area contributed by atoms with Crippen molar-refractivity contribution in [2.75, 3.05) is 18.0 Å². The van der Waals surface area contributed by atoms with E-state index in [1.54, 1.807) is 0 Å². The molecule has 2 aromatic carbocycles. The Morgan fingerprint density at radius 1 is 1.14 bits per heavy atom. The monoisotopic (exact) mass is 360 g/mol. The lowest BCUT2D eigenvalue weighted by molar-refractivity contribution is 0.775. The largest absolute Gasteiger partial charge is 0.389 e. The van der Waals surface area contributed by atoms with Crippen LogP contribution in [0, 0.1) is 0 Å². The highest BCUT2D eigenvalue weighted by Gasteiger charge is 2.26. The predicted molar refractivity (Wildman–Crippen MR) is 96.0 cm³/mol. The van der Waals surface area contributed by atoms with Crippen molar-refractivity contribution in [1.29, 1.82) is 0 Å². The normalized spacial score (nSPS) is 18.0. The highest BCUT2D eigenvalue weighted by Crippen LogP contribution is 2.34. The number of halogens is 1. The molecule has 1 unspecified atom stereocenters. The summed E-state index contributed by atoms with van der Waals surface area (Å²) in [6.07, 6.45) is 1.16. The molecular weight excluding hydrogens is 344 g/mol. The highest BCUT2D eigenvalue weighted by molar-refractivity contribution is 9.10. The Morgan fingerprint density at radius 2 is 1.90 bits per heavy atom. The number of rotatable bonds is 3. The van der Waals surface area contributed by atoms with Crippen LogP contribution >= 0.6 is 28.1 Å². The summed E-state index contributed by atoms with van der Waals surface area (Å²) in [4.78, 5) is 2.83. The molecule has 3 rings (SSSR count). The first kappa shape index (κ1) is 14.5. The molecular formula is C17H17BrN2S. The average Bonchev–Trinajstić information content (AvgIpc) is 2.97. The fourth-order valence-electron chi connectivity index (χ4n) is 3.00. The van der Waals surface area contributed by atoms with E-state index in [0.29, 0.717) is 10.9 Å². The summed E-state index contributed by atoms with van der Waals surface area (Å²) in [6, 6.07) is 16.8. The third-order valence-corrected chi connectivity index (χ3v) is 4.90. The van der Waals surface area contributed by atoms with Gasteiger partial charge in [-0.25, -0.2) is 0 Å². The molecule has 108 valence electrons. The van der Waals surface area contributed by atoms with E-state index in [1.165, 1.54) is 5.56 Å². The summed E-state index contributed by atoms with van der Waals surface area (Å²) in [5.74, 6) is 0.573. The number of nitrogens with two attached hydrogens (primary N) is 1. The third-order valence-electron chi connectivity index (χ3n) is 4.04. The molecule has 21 heavy (non-hydrogen) atoms. The minimum absolute atomic E-state index is 0.445. The molecule has 0 bridgehead atoms. The molecule has 0 amide bonds. The lowest BCUT2D eigenvalue weighted by atomic mass is 9.99. The van der Waals surface area contributed by atoms with Gasteiger partial charge in [-0.1, -0.05) is 48.6 Å². The average molecular weight is 361 g/mol. The maximum absolute atomic E-state index is 5.90. The van der Waals surface area contributed by atoms with Gasteiger partial charge in [0.15, 0.2) is 0 Å². The zero-order valence-electron chi connectivity index (χ0n) is 11.6. The summed E-state index contributed by atoms with van der Waals surface area (Å²) >= 11 is 8.78. The van der Waals surface area contributed by atoms with Crippen LogP contribution in [-0.4, -0.2) is 18.1 Å². The summed E-state index contributed by atoms with van der Waals surface area (Å²) in [6.45, 7) is 2.04. The van der Waals surface area contributed by atoms with E-state index in [2.05, 4.69) is 57.2 Å². The summed E-state index contributed by atoms with van der Waals surface area (Å²) < 4.78 is 0.968. The second-order valence-electron chi connectivity index (χ2n) is 5.34. The molecule has 1 atom stereocenters. The zero-order chi connectivity index (χ0) is 14.8. The Hall–Kier alpha value is -1.39. The van der Waals surface area contributed by atoms with Crippen molar-refractivity contribution in [2.24, 2.45) is 5.73 Å². The van der Waals surface area contributed by atoms with Crippen LogP contribution in [0.2, 0.25) is 0 Å². The van der Waals surface area contributed by atoms with E-state index in [-0.39, 0.29) is 0 Å². The zero-order valence-corrected chi connectivity index (χ0v) is 14.0. The molecule has 1 aliphatic heterocycles. The number of benzene rings is 2. The molecule has 2 nitrogen and oxygen atoms in total. The van der Waals surface area contributed by atoms with Crippen LogP contribution in [0.5, 0.6) is 0 Å². The van der Waals surface area contributed by atoms with Gasteiger partial charge in [-0.2, -0.15) is 0 Å². The minimum Gasteiger partial charge on any atom is -0.389 e. The Labute approximate surface area is 139 Å². The molecule has 2 N–H and O–H groups in total. The van der Waals surface area contributed by atoms with Gasteiger partial charge in [0.25, 0.3) is 0 Å². The Bertz CT molecular complexity index is 657. The quantitative estimate of drug-likeness (QED) is 0.836. The van der Waals surface area contributed by atoms with E-state index >= 15 is 0 Å². The second-order valence-corrected chi connectivity index (χ2v) is 6.63. The van der Waals surface area contributed by atoms with Gasteiger partial charge in [0.05, 0.1) is 0 Å². The lowest BCUT2D eigenvalue weighted by Crippen LogP contribution is -2.23. The molecule has 4 heteroatoms. The smallest absolute Gasteiger partial charge is 0.107 e. The van der Waals surface area contributed by atoms with Crippen LogP contribution in [0.4, 0.5) is 5.69 Å². The van der Waals surface area contributed by atoms with E-state index < -0.39 is 0 Å². The molecule has 0 saturated carbocycles. The SMILES string of the molecule is NC(=S)c1c(Br)cccc1N1CCC(c2ccccc2)C1. The van der Waals surface area contributed by atoms with Gasteiger partial charge in [-0.3, -0.25) is 0 Å². The van der Waals surface area contributed by atoms with Crippen molar-refractivity contribution >= 4 is 38.8 Å². The Morgan fingerprint density at radius 3 is 2.62 bits per heavy atom. The van der Waals surface area contributed by atoms with E-state index in [9.17, 15) is 0 Å². The maximum atomic E-state index is 5.90. The first-order chi connectivity index (χ1) is 10.2. The molecule has 1 saturated heterocycles. The van der Waals surface area contributed by atoms with Crippen LogP contribution in [0.25, 0.3) is 0 Å². The number of anilines is 1. The van der Waals surface area contributed by atoms with Gasteiger partial charge >= 0.3 is 0 Å². The molecule has 1 heterocycles. The molecule has 0 radical (unpaired) electrons. The summed E-state index contributed by atoms with van der Waals surface area (Å²) in [5, 5.41) is 0. The second kappa shape index (κ2) is 6.16. The van der Waals surface area contributed by atoms with Crippen molar-refractivity contribution in [3.8, 4) is 0 Å². The van der Waals surface area contributed by atoms with Crippen molar-refractivity contribution in [1.82, 2.24) is 0 Å². The van der Waals surface area contributed by atoms with Crippen LogP contribution < -0.4 is 10.6 Å². The van der Waals surface area contributed by atoms with E-state index in [1.807, 2.05) is 12.1 Å². The molecule has 0 aromatic heterocycles. The van der Waals surface area contributed by atoms with Gasteiger partial charge in [-0.15, -0.1) is 0 Å². The van der Waals surface area contributed by atoms with Crippen LogP contribution in [-0.2, 0) is 0 Å². The Balaban J connectivity index is 1.87. The van der Waals surface area contributed by atoms with Crippen LogP contribution in [0.3, 0.4) is 0 Å².